The van der Waals surface area contributed by atoms with Crippen molar-refractivity contribution in [3.63, 3.8) is 0 Å². The normalized spacial score (nSPS) is 18.5. The van der Waals surface area contributed by atoms with Crippen LogP contribution in [0.1, 0.15) is 38.2 Å². The van der Waals surface area contributed by atoms with Crippen LogP contribution in [0.2, 0.25) is 0 Å². The summed E-state index contributed by atoms with van der Waals surface area (Å²) in [5.41, 5.74) is 0.798. The molecule has 1 aromatic carbocycles. The van der Waals surface area contributed by atoms with Crippen LogP contribution < -0.4 is 5.32 Å². The van der Waals surface area contributed by atoms with Gasteiger partial charge in [0.15, 0.2) is 0 Å². The molecule has 2 nitrogen and oxygen atoms in total. The fourth-order valence-corrected chi connectivity index (χ4v) is 2.64. The van der Waals surface area contributed by atoms with Crippen molar-refractivity contribution < 1.29 is 9.50 Å². The van der Waals surface area contributed by atoms with Crippen molar-refractivity contribution in [3.05, 3.63) is 29.6 Å². The third kappa shape index (κ3) is 3.43. The SMILES string of the molecule is C[C@@H](NCc1cc(O)cc(F)c1)C1CCCC1. The van der Waals surface area contributed by atoms with E-state index in [0.717, 1.165) is 17.5 Å². The van der Waals surface area contributed by atoms with Crippen LogP contribution in [0.25, 0.3) is 0 Å². The Labute approximate surface area is 102 Å². The van der Waals surface area contributed by atoms with E-state index in [0.29, 0.717) is 12.6 Å². The topological polar surface area (TPSA) is 32.3 Å². The van der Waals surface area contributed by atoms with Gasteiger partial charge in [0, 0.05) is 18.7 Å². The molecule has 3 heteroatoms. The van der Waals surface area contributed by atoms with Gasteiger partial charge in [0.2, 0.25) is 0 Å². The van der Waals surface area contributed by atoms with Crippen molar-refractivity contribution in [1.29, 1.82) is 0 Å². The highest BCUT2D eigenvalue weighted by molar-refractivity contribution is 5.28. The van der Waals surface area contributed by atoms with Crippen LogP contribution in [0.4, 0.5) is 4.39 Å². The summed E-state index contributed by atoms with van der Waals surface area (Å²) < 4.78 is 13.1. The Morgan fingerprint density at radius 2 is 2.06 bits per heavy atom. The molecule has 1 fully saturated rings. The first kappa shape index (κ1) is 12.4. The van der Waals surface area contributed by atoms with E-state index >= 15 is 0 Å². The smallest absolute Gasteiger partial charge is 0.127 e. The van der Waals surface area contributed by atoms with Gasteiger partial charge < -0.3 is 10.4 Å². The minimum absolute atomic E-state index is 0.00433. The lowest BCUT2D eigenvalue weighted by atomic mass is 9.99. The number of rotatable bonds is 4. The van der Waals surface area contributed by atoms with Crippen LogP contribution in [0.15, 0.2) is 18.2 Å². The zero-order chi connectivity index (χ0) is 12.3. The molecular weight excluding hydrogens is 217 g/mol. The number of phenolic OH excluding ortho intramolecular Hbond substituents is 1. The standard InChI is InChI=1S/C14H20FNO/c1-10(12-4-2-3-5-12)16-9-11-6-13(15)8-14(17)7-11/h6-8,10,12,16-17H,2-5,9H2,1H3/t10-/m1/s1. The van der Waals surface area contributed by atoms with E-state index in [1.807, 2.05) is 0 Å². The molecule has 1 aliphatic rings. The predicted molar refractivity (Wildman–Crippen MR) is 66.3 cm³/mol. The number of benzene rings is 1. The quantitative estimate of drug-likeness (QED) is 0.842. The van der Waals surface area contributed by atoms with Gasteiger partial charge in [-0.15, -0.1) is 0 Å². The molecule has 0 aromatic heterocycles. The van der Waals surface area contributed by atoms with Crippen molar-refractivity contribution in [1.82, 2.24) is 5.32 Å². The maximum absolute atomic E-state index is 13.1. The average molecular weight is 237 g/mol. The highest BCUT2D eigenvalue weighted by Gasteiger charge is 2.20. The third-order valence-electron chi connectivity index (χ3n) is 3.68. The molecule has 1 saturated carbocycles. The fourth-order valence-electron chi connectivity index (χ4n) is 2.64. The summed E-state index contributed by atoms with van der Waals surface area (Å²) >= 11 is 0. The fraction of sp³-hybridized carbons (Fsp3) is 0.571. The average Bonchev–Trinajstić information content (AvgIpc) is 2.78. The first-order valence-corrected chi connectivity index (χ1v) is 6.37. The van der Waals surface area contributed by atoms with Crippen LogP contribution >= 0.6 is 0 Å². The Hall–Kier alpha value is -1.09. The summed E-state index contributed by atoms with van der Waals surface area (Å²) in [6.07, 6.45) is 5.25. The van der Waals surface area contributed by atoms with E-state index in [-0.39, 0.29) is 11.6 Å². The van der Waals surface area contributed by atoms with Gasteiger partial charge in [0.05, 0.1) is 0 Å². The molecule has 0 aliphatic heterocycles. The number of nitrogens with one attached hydrogen (secondary N) is 1. The molecule has 94 valence electrons. The summed E-state index contributed by atoms with van der Waals surface area (Å²) in [6.45, 7) is 2.80. The lowest BCUT2D eigenvalue weighted by molar-refractivity contribution is 0.379. The molecule has 17 heavy (non-hydrogen) atoms. The summed E-state index contributed by atoms with van der Waals surface area (Å²) in [7, 11) is 0. The molecule has 1 aromatic rings. The Morgan fingerprint density at radius 1 is 1.35 bits per heavy atom. The lowest BCUT2D eigenvalue weighted by Crippen LogP contribution is -2.31. The molecule has 0 amide bonds. The zero-order valence-electron chi connectivity index (χ0n) is 10.2. The van der Waals surface area contributed by atoms with Crippen LogP contribution in [0, 0.1) is 11.7 Å². The van der Waals surface area contributed by atoms with Gasteiger partial charge in [0.25, 0.3) is 0 Å². The van der Waals surface area contributed by atoms with E-state index < -0.39 is 0 Å². The Kier molecular flexibility index (Phi) is 4.00. The Bertz CT molecular complexity index is 354. The van der Waals surface area contributed by atoms with Crippen molar-refractivity contribution in [2.24, 2.45) is 5.92 Å². The number of aromatic hydroxyl groups is 1. The second-order valence-corrected chi connectivity index (χ2v) is 5.03. The van der Waals surface area contributed by atoms with E-state index in [9.17, 15) is 9.50 Å². The molecule has 0 radical (unpaired) electrons. The molecule has 2 rings (SSSR count). The lowest BCUT2D eigenvalue weighted by Gasteiger charge is -2.20. The minimum atomic E-state index is -0.379. The summed E-state index contributed by atoms with van der Waals surface area (Å²) in [5.74, 6) is 0.364. The second kappa shape index (κ2) is 5.50. The van der Waals surface area contributed by atoms with Crippen molar-refractivity contribution >= 4 is 0 Å². The zero-order valence-corrected chi connectivity index (χ0v) is 10.2. The van der Waals surface area contributed by atoms with E-state index in [2.05, 4.69) is 12.2 Å². The molecule has 0 heterocycles. The molecule has 0 bridgehead atoms. The first-order valence-electron chi connectivity index (χ1n) is 6.37. The van der Waals surface area contributed by atoms with Crippen molar-refractivity contribution in [2.45, 2.75) is 45.2 Å². The minimum Gasteiger partial charge on any atom is -0.508 e. The summed E-state index contributed by atoms with van der Waals surface area (Å²) in [6, 6.07) is 4.66. The Morgan fingerprint density at radius 3 is 2.71 bits per heavy atom. The predicted octanol–water partition coefficient (Wildman–Crippen LogP) is 3.20. The van der Waals surface area contributed by atoms with Crippen LogP contribution in [-0.4, -0.2) is 11.1 Å². The maximum Gasteiger partial charge on any atom is 0.127 e. The first-order chi connectivity index (χ1) is 8.15. The number of phenols is 1. The van der Waals surface area contributed by atoms with E-state index in [4.69, 9.17) is 0 Å². The molecule has 0 saturated heterocycles. The van der Waals surface area contributed by atoms with Gasteiger partial charge >= 0.3 is 0 Å². The molecule has 0 unspecified atom stereocenters. The molecule has 1 atom stereocenters. The molecule has 0 spiro atoms. The maximum atomic E-state index is 13.1. The van der Waals surface area contributed by atoms with Gasteiger partial charge in [-0.2, -0.15) is 0 Å². The largest absolute Gasteiger partial charge is 0.508 e. The summed E-state index contributed by atoms with van der Waals surface area (Å²) in [5, 5.41) is 12.7. The monoisotopic (exact) mass is 237 g/mol. The van der Waals surface area contributed by atoms with Crippen LogP contribution in [0.3, 0.4) is 0 Å². The highest BCUT2D eigenvalue weighted by Crippen LogP contribution is 2.27. The molecule has 1 aliphatic carbocycles. The Balaban J connectivity index is 1.88. The molecule has 2 N–H and O–H groups in total. The van der Waals surface area contributed by atoms with Gasteiger partial charge in [-0.25, -0.2) is 4.39 Å². The van der Waals surface area contributed by atoms with E-state index in [1.54, 1.807) is 6.07 Å². The van der Waals surface area contributed by atoms with Gasteiger partial charge in [-0.1, -0.05) is 12.8 Å². The number of halogens is 1. The van der Waals surface area contributed by atoms with Gasteiger partial charge in [-0.3, -0.25) is 0 Å². The number of hydrogen-bond acceptors (Lipinski definition) is 2. The van der Waals surface area contributed by atoms with Crippen molar-refractivity contribution in [2.75, 3.05) is 0 Å². The summed E-state index contributed by atoms with van der Waals surface area (Å²) in [4.78, 5) is 0. The van der Waals surface area contributed by atoms with Crippen LogP contribution in [-0.2, 0) is 6.54 Å². The van der Waals surface area contributed by atoms with Gasteiger partial charge in [0.1, 0.15) is 11.6 Å². The second-order valence-electron chi connectivity index (χ2n) is 5.03. The van der Waals surface area contributed by atoms with Crippen LogP contribution in [0.5, 0.6) is 5.75 Å². The molecular formula is C14H20FNO. The van der Waals surface area contributed by atoms with E-state index in [1.165, 1.54) is 31.7 Å². The third-order valence-corrected chi connectivity index (χ3v) is 3.68. The van der Waals surface area contributed by atoms with Crippen molar-refractivity contribution in [3.8, 4) is 5.75 Å². The number of hydrogen-bond donors (Lipinski definition) is 2. The highest BCUT2D eigenvalue weighted by atomic mass is 19.1. The van der Waals surface area contributed by atoms with Gasteiger partial charge in [-0.05, 0) is 43.4 Å².